The molecular formula is C14H27N3O2. The second-order valence-electron chi connectivity index (χ2n) is 5.77. The summed E-state index contributed by atoms with van der Waals surface area (Å²) in [7, 11) is 2.08. The van der Waals surface area contributed by atoms with Crippen molar-refractivity contribution in [1.29, 1.82) is 0 Å². The summed E-state index contributed by atoms with van der Waals surface area (Å²) in [5, 5.41) is 0. The molecule has 2 saturated heterocycles. The van der Waals surface area contributed by atoms with E-state index in [2.05, 4.69) is 11.9 Å². The van der Waals surface area contributed by atoms with Crippen LogP contribution in [0.5, 0.6) is 0 Å². The van der Waals surface area contributed by atoms with Crippen molar-refractivity contribution >= 4 is 5.91 Å². The number of hydrogen-bond donors (Lipinski definition) is 1. The van der Waals surface area contributed by atoms with Crippen LogP contribution in [-0.2, 0) is 9.53 Å². The third kappa shape index (κ3) is 4.16. The standard InChI is InChI=1S/C14H27N3O2/c1-16-7-8-17(12(10-15)11-16)14(18)6-5-13-4-2-3-9-19-13/h12-13H,2-11,15H2,1H3. The van der Waals surface area contributed by atoms with Crippen LogP contribution in [0.15, 0.2) is 0 Å². The normalized spacial score (nSPS) is 29.5. The first-order valence-electron chi connectivity index (χ1n) is 7.50. The van der Waals surface area contributed by atoms with Crippen molar-refractivity contribution in [2.45, 2.75) is 44.2 Å². The lowest BCUT2D eigenvalue weighted by atomic mass is 10.0. The van der Waals surface area contributed by atoms with E-state index in [4.69, 9.17) is 10.5 Å². The van der Waals surface area contributed by atoms with E-state index in [0.29, 0.717) is 19.1 Å². The number of rotatable bonds is 4. The summed E-state index contributed by atoms with van der Waals surface area (Å²) in [4.78, 5) is 16.5. The zero-order valence-electron chi connectivity index (χ0n) is 12.0. The van der Waals surface area contributed by atoms with E-state index >= 15 is 0 Å². The molecule has 19 heavy (non-hydrogen) atoms. The van der Waals surface area contributed by atoms with Gasteiger partial charge < -0.3 is 20.3 Å². The Bertz CT molecular complexity index is 292. The molecule has 0 aromatic rings. The Labute approximate surface area is 116 Å². The van der Waals surface area contributed by atoms with Crippen molar-refractivity contribution in [2.75, 3.05) is 39.8 Å². The van der Waals surface area contributed by atoms with E-state index in [1.165, 1.54) is 6.42 Å². The highest BCUT2D eigenvalue weighted by atomic mass is 16.5. The first kappa shape index (κ1) is 14.8. The van der Waals surface area contributed by atoms with Gasteiger partial charge >= 0.3 is 0 Å². The molecule has 0 bridgehead atoms. The van der Waals surface area contributed by atoms with Gasteiger partial charge in [0.05, 0.1) is 12.1 Å². The summed E-state index contributed by atoms with van der Waals surface area (Å²) in [5.41, 5.74) is 5.79. The number of carbonyl (C=O) groups excluding carboxylic acids is 1. The minimum absolute atomic E-state index is 0.179. The molecule has 0 spiro atoms. The number of amides is 1. The molecule has 0 saturated carbocycles. The van der Waals surface area contributed by atoms with Crippen LogP contribution in [0.25, 0.3) is 0 Å². The van der Waals surface area contributed by atoms with Crippen LogP contribution in [0, 0.1) is 0 Å². The quantitative estimate of drug-likeness (QED) is 0.804. The van der Waals surface area contributed by atoms with Gasteiger partial charge in [0.15, 0.2) is 0 Å². The maximum atomic E-state index is 12.3. The molecule has 2 unspecified atom stereocenters. The van der Waals surface area contributed by atoms with Crippen molar-refractivity contribution in [3.05, 3.63) is 0 Å². The Morgan fingerprint density at radius 2 is 2.21 bits per heavy atom. The molecule has 2 N–H and O–H groups in total. The maximum Gasteiger partial charge on any atom is 0.223 e. The van der Waals surface area contributed by atoms with E-state index < -0.39 is 0 Å². The predicted octanol–water partition coefficient (Wildman–Crippen LogP) is 0.437. The van der Waals surface area contributed by atoms with Gasteiger partial charge in [0.25, 0.3) is 0 Å². The third-order valence-corrected chi connectivity index (χ3v) is 4.23. The topological polar surface area (TPSA) is 58.8 Å². The second-order valence-corrected chi connectivity index (χ2v) is 5.77. The molecule has 2 atom stereocenters. The highest BCUT2D eigenvalue weighted by molar-refractivity contribution is 5.76. The van der Waals surface area contributed by atoms with Gasteiger partial charge in [-0.2, -0.15) is 0 Å². The molecule has 0 aliphatic carbocycles. The van der Waals surface area contributed by atoms with Crippen LogP contribution in [0.4, 0.5) is 0 Å². The fourth-order valence-corrected chi connectivity index (χ4v) is 3.00. The van der Waals surface area contributed by atoms with Gasteiger partial charge in [-0.1, -0.05) is 0 Å². The van der Waals surface area contributed by atoms with Crippen LogP contribution < -0.4 is 5.73 Å². The summed E-state index contributed by atoms with van der Waals surface area (Å²) in [6.07, 6.45) is 5.27. The number of ether oxygens (including phenoxy) is 1. The minimum atomic E-state index is 0.179. The molecular weight excluding hydrogens is 242 g/mol. The van der Waals surface area contributed by atoms with E-state index in [9.17, 15) is 4.79 Å². The van der Waals surface area contributed by atoms with Gasteiger partial charge in [-0.15, -0.1) is 0 Å². The molecule has 5 nitrogen and oxygen atoms in total. The molecule has 2 aliphatic rings. The largest absolute Gasteiger partial charge is 0.378 e. The average Bonchev–Trinajstić information content (AvgIpc) is 2.45. The number of piperazine rings is 1. The monoisotopic (exact) mass is 269 g/mol. The molecule has 0 radical (unpaired) electrons. The highest BCUT2D eigenvalue weighted by Crippen LogP contribution is 2.18. The molecule has 2 fully saturated rings. The van der Waals surface area contributed by atoms with Gasteiger partial charge in [0, 0.05) is 39.2 Å². The second kappa shape index (κ2) is 7.22. The van der Waals surface area contributed by atoms with E-state index in [0.717, 1.165) is 45.5 Å². The van der Waals surface area contributed by atoms with E-state index in [1.807, 2.05) is 4.90 Å². The number of hydrogen-bond acceptors (Lipinski definition) is 4. The Morgan fingerprint density at radius 3 is 2.89 bits per heavy atom. The lowest BCUT2D eigenvalue weighted by Crippen LogP contribution is -2.56. The first-order chi connectivity index (χ1) is 9.20. The van der Waals surface area contributed by atoms with Gasteiger partial charge in [-0.05, 0) is 32.7 Å². The Hall–Kier alpha value is -0.650. The zero-order valence-corrected chi connectivity index (χ0v) is 12.0. The van der Waals surface area contributed by atoms with Crippen LogP contribution in [0.1, 0.15) is 32.1 Å². The van der Waals surface area contributed by atoms with E-state index in [1.54, 1.807) is 0 Å². The Kier molecular flexibility index (Phi) is 5.60. The summed E-state index contributed by atoms with van der Waals surface area (Å²) in [6, 6.07) is 0.179. The molecule has 5 heteroatoms. The fourth-order valence-electron chi connectivity index (χ4n) is 3.00. The SMILES string of the molecule is CN1CCN(C(=O)CCC2CCCCO2)C(CN)C1. The van der Waals surface area contributed by atoms with Crippen molar-refractivity contribution in [1.82, 2.24) is 9.80 Å². The van der Waals surface area contributed by atoms with Gasteiger partial charge in [-0.25, -0.2) is 0 Å². The lowest BCUT2D eigenvalue weighted by molar-refractivity contribution is -0.136. The molecule has 1 amide bonds. The molecule has 2 rings (SSSR count). The molecule has 0 aromatic carbocycles. The average molecular weight is 269 g/mol. The summed E-state index contributed by atoms with van der Waals surface area (Å²) in [5.74, 6) is 0.248. The van der Waals surface area contributed by atoms with Crippen LogP contribution >= 0.6 is 0 Å². The summed E-state index contributed by atoms with van der Waals surface area (Å²) >= 11 is 0. The van der Waals surface area contributed by atoms with Gasteiger partial charge in [0.1, 0.15) is 0 Å². The zero-order chi connectivity index (χ0) is 13.7. The lowest BCUT2D eigenvalue weighted by Gasteiger charge is -2.39. The molecule has 2 aliphatic heterocycles. The highest BCUT2D eigenvalue weighted by Gasteiger charge is 2.28. The number of nitrogens with zero attached hydrogens (tertiary/aromatic N) is 2. The fraction of sp³-hybridized carbons (Fsp3) is 0.929. The van der Waals surface area contributed by atoms with Gasteiger partial charge in [0.2, 0.25) is 5.91 Å². The third-order valence-electron chi connectivity index (χ3n) is 4.23. The number of carbonyl (C=O) groups is 1. The van der Waals surface area contributed by atoms with Gasteiger partial charge in [-0.3, -0.25) is 4.79 Å². The van der Waals surface area contributed by atoms with E-state index in [-0.39, 0.29) is 11.9 Å². The summed E-state index contributed by atoms with van der Waals surface area (Å²) < 4.78 is 5.68. The van der Waals surface area contributed by atoms with Crippen LogP contribution in [-0.4, -0.2) is 67.7 Å². The smallest absolute Gasteiger partial charge is 0.223 e. The predicted molar refractivity (Wildman–Crippen MR) is 74.9 cm³/mol. The van der Waals surface area contributed by atoms with Crippen molar-refractivity contribution in [3.63, 3.8) is 0 Å². The van der Waals surface area contributed by atoms with Crippen LogP contribution in [0.2, 0.25) is 0 Å². The van der Waals surface area contributed by atoms with Crippen molar-refractivity contribution in [3.8, 4) is 0 Å². The van der Waals surface area contributed by atoms with Crippen LogP contribution in [0.3, 0.4) is 0 Å². The van der Waals surface area contributed by atoms with Crippen molar-refractivity contribution < 1.29 is 9.53 Å². The number of nitrogens with two attached hydrogens (primary N) is 1. The first-order valence-corrected chi connectivity index (χ1v) is 7.50. The molecule has 2 heterocycles. The van der Waals surface area contributed by atoms with Crippen molar-refractivity contribution in [2.24, 2.45) is 5.73 Å². The molecule has 0 aromatic heterocycles. The Balaban J connectivity index is 1.77. The molecule has 110 valence electrons. The minimum Gasteiger partial charge on any atom is -0.378 e. The Morgan fingerprint density at radius 1 is 1.37 bits per heavy atom. The number of likely N-dealkylation sites (N-methyl/N-ethyl adjacent to an activating group) is 1. The summed E-state index contributed by atoms with van der Waals surface area (Å²) in [6.45, 7) is 4.06. The maximum absolute atomic E-state index is 12.3.